The first-order chi connectivity index (χ1) is 15.2. The van der Waals surface area contributed by atoms with Crippen molar-refractivity contribution >= 4 is 48.5 Å². The molecule has 8 heteroatoms. The molecule has 1 aliphatic heterocycles. The summed E-state index contributed by atoms with van der Waals surface area (Å²) in [4.78, 5) is 22.5. The lowest BCUT2D eigenvalue weighted by atomic mass is 10.2. The van der Waals surface area contributed by atoms with Gasteiger partial charge in [-0.3, -0.25) is 14.6 Å². The van der Waals surface area contributed by atoms with Crippen molar-refractivity contribution in [3.8, 4) is 5.75 Å². The van der Waals surface area contributed by atoms with Crippen molar-refractivity contribution in [2.24, 2.45) is 0 Å². The smallest absolute Gasteiger partial charge is 0.261 e. The molecule has 4 rings (SSSR count). The Morgan fingerprint density at radius 1 is 1.26 bits per heavy atom. The number of thiazole rings is 1. The van der Waals surface area contributed by atoms with E-state index in [1.807, 2.05) is 54.3 Å². The van der Waals surface area contributed by atoms with Gasteiger partial charge in [0.1, 0.15) is 5.75 Å². The summed E-state index contributed by atoms with van der Waals surface area (Å²) in [6.07, 6.45) is 0.871. The van der Waals surface area contributed by atoms with E-state index in [1.165, 1.54) is 11.3 Å². The van der Waals surface area contributed by atoms with Crippen LogP contribution in [0, 0.1) is 0 Å². The Kier molecular flexibility index (Phi) is 7.55. The molecule has 0 atom stereocenters. The molecule has 0 radical (unpaired) electrons. The maximum atomic E-state index is 13.5. The molecule has 0 spiro atoms. The standard InChI is InChI=1S/C23H26BrN3O3S/c1-2-30-17-8-9-20-21(16-17)31-23(25-20)27(11-5-10-26-12-14-29-15-13-26)22(28)18-6-3-4-7-19(18)24/h3-4,6-9,16H,2,5,10-15H2,1H3. The lowest BCUT2D eigenvalue weighted by molar-refractivity contribution is 0.0376. The average Bonchev–Trinajstić information content (AvgIpc) is 3.20. The van der Waals surface area contributed by atoms with Crippen LogP contribution in [-0.2, 0) is 4.74 Å². The van der Waals surface area contributed by atoms with E-state index in [-0.39, 0.29) is 5.91 Å². The molecule has 0 N–H and O–H groups in total. The van der Waals surface area contributed by atoms with Gasteiger partial charge in [-0.15, -0.1) is 0 Å². The van der Waals surface area contributed by atoms with Crippen molar-refractivity contribution in [2.75, 3.05) is 50.9 Å². The molecule has 0 bridgehead atoms. The van der Waals surface area contributed by atoms with E-state index in [2.05, 4.69) is 20.8 Å². The van der Waals surface area contributed by atoms with Gasteiger partial charge in [0.05, 0.1) is 35.6 Å². The minimum absolute atomic E-state index is 0.0430. The maximum absolute atomic E-state index is 13.5. The maximum Gasteiger partial charge on any atom is 0.261 e. The largest absolute Gasteiger partial charge is 0.494 e. The summed E-state index contributed by atoms with van der Waals surface area (Å²) in [5.41, 5.74) is 1.52. The molecule has 6 nitrogen and oxygen atoms in total. The summed E-state index contributed by atoms with van der Waals surface area (Å²) in [6.45, 7) is 7.57. The van der Waals surface area contributed by atoms with Gasteiger partial charge in [0.15, 0.2) is 5.13 Å². The van der Waals surface area contributed by atoms with Crippen LogP contribution in [0.1, 0.15) is 23.7 Å². The topological polar surface area (TPSA) is 54.9 Å². The Hall–Kier alpha value is -2.00. The highest BCUT2D eigenvalue weighted by molar-refractivity contribution is 9.10. The third kappa shape index (κ3) is 5.44. The first kappa shape index (κ1) is 22.2. The lowest BCUT2D eigenvalue weighted by Crippen LogP contribution is -2.39. The number of aromatic nitrogens is 1. The van der Waals surface area contributed by atoms with Crippen molar-refractivity contribution in [2.45, 2.75) is 13.3 Å². The van der Waals surface area contributed by atoms with Crippen LogP contribution in [-0.4, -0.2) is 61.8 Å². The molecule has 0 saturated carbocycles. The normalized spacial score (nSPS) is 14.6. The van der Waals surface area contributed by atoms with Crippen LogP contribution >= 0.6 is 27.3 Å². The Balaban J connectivity index is 1.58. The summed E-state index contributed by atoms with van der Waals surface area (Å²) < 4.78 is 12.9. The van der Waals surface area contributed by atoms with Gasteiger partial charge >= 0.3 is 0 Å². The van der Waals surface area contributed by atoms with Crippen LogP contribution < -0.4 is 9.64 Å². The number of fused-ring (bicyclic) bond motifs is 1. The molecule has 1 amide bonds. The van der Waals surface area contributed by atoms with Gasteiger partial charge in [0.25, 0.3) is 5.91 Å². The Morgan fingerprint density at radius 3 is 2.84 bits per heavy atom. The lowest BCUT2D eigenvalue weighted by Gasteiger charge is -2.27. The van der Waals surface area contributed by atoms with E-state index >= 15 is 0 Å². The number of carbonyl (C=O) groups excluding carboxylic acids is 1. The molecular weight excluding hydrogens is 478 g/mol. The molecule has 3 aromatic rings. The van der Waals surface area contributed by atoms with Crippen LogP contribution in [0.5, 0.6) is 5.75 Å². The quantitative estimate of drug-likeness (QED) is 0.440. The summed E-state index contributed by atoms with van der Waals surface area (Å²) in [5.74, 6) is 0.778. The average molecular weight is 504 g/mol. The number of ether oxygens (including phenoxy) is 2. The van der Waals surface area contributed by atoms with Gasteiger partial charge < -0.3 is 9.47 Å². The molecule has 1 fully saturated rings. The first-order valence-electron chi connectivity index (χ1n) is 10.6. The second-order valence-electron chi connectivity index (χ2n) is 7.30. The molecule has 164 valence electrons. The van der Waals surface area contributed by atoms with Crippen molar-refractivity contribution in [3.63, 3.8) is 0 Å². The highest BCUT2D eigenvalue weighted by Crippen LogP contribution is 2.33. The summed E-state index contributed by atoms with van der Waals surface area (Å²) in [7, 11) is 0. The van der Waals surface area contributed by atoms with E-state index in [4.69, 9.17) is 14.5 Å². The Morgan fingerprint density at radius 2 is 2.06 bits per heavy atom. The highest BCUT2D eigenvalue weighted by Gasteiger charge is 2.23. The van der Waals surface area contributed by atoms with Gasteiger partial charge in [-0.05, 0) is 59.6 Å². The molecule has 1 saturated heterocycles. The van der Waals surface area contributed by atoms with E-state index < -0.39 is 0 Å². The predicted molar refractivity (Wildman–Crippen MR) is 128 cm³/mol. The number of anilines is 1. The number of halogens is 1. The molecule has 2 aromatic carbocycles. The zero-order valence-electron chi connectivity index (χ0n) is 17.6. The Bertz CT molecular complexity index is 1040. The van der Waals surface area contributed by atoms with Crippen molar-refractivity contribution in [1.82, 2.24) is 9.88 Å². The van der Waals surface area contributed by atoms with Crippen LogP contribution in [0.4, 0.5) is 5.13 Å². The monoisotopic (exact) mass is 503 g/mol. The van der Waals surface area contributed by atoms with Crippen LogP contribution in [0.2, 0.25) is 0 Å². The minimum atomic E-state index is -0.0430. The predicted octanol–water partition coefficient (Wildman–Crippen LogP) is 4.83. The third-order valence-electron chi connectivity index (χ3n) is 5.20. The number of benzene rings is 2. The number of morpholine rings is 1. The van der Waals surface area contributed by atoms with Crippen molar-refractivity contribution in [3.05, 3.63) is 52.5 Å². The molecule has 1 aromatic heterocycles. The first-order valence-corrected chi connectivity index (χ1v) is 12.2. The Labute approximate surface area is 194 Å². The van der Waals surface area contributed by atoms with Gasteiger partial charge in [0.2, 0.25) is 0 Å². The fourth-order valence-electron chi connectivity index (χ4n) is 3.61. The summed E-state index contributed by atoms with van der Waals surface area (Å²) >= 11 is 5.05. The molecule has 2 heterocycles. The number of rotatable bonds is 8. The van der Waals surface area contributed by atoms with E-state index in [0.29, 0.717) is 23.8 Å². The van der Waals surface area contributed by atoms with Gasteiger partial charge in [-0.25, -0.2) is 4.98 Å². The molecule has 31 heavy (non-hydrogen) atoms. The zero-order chi connectivity index (χ0) is 21.6. The molecule has 0 aliphatic carbocycles. The van der Waals surface area contributed by atoms with Gasteiger partial charge in [-0.1, -0.05) is 23.5 Å². The fraction of sp³-hybridized carbons (Fsp3) is 0.391. The highest BCUT2D eigenvalue weighted by atomic mass is 79.9. The minimum Gasteiger partial charge on any atom is -0.494 e. The summed E-state index contributed by atoms with van der Waals surface area (Å²) in [6, 6.07) is 13.4. The fourth-order valence-corrected chi connectivity index (χ4v) is 5.08. The molecular formula is C23H26BrN3O3S. The number of nitrogens with zero attached hydrogens (tertiary/aromatic N) is 3. The number of amides is 1. The van der Waals surface area contributed by atoms with E-state index in [0.717, 1.165) is 59.7 Å². The van der Waals surface area contributed by atoms with Gasteiger partial charge in [0, 0.05) is 30.7 Å². The van der Waals surface area contributed by atoms with E-state index in [9.17, 15) is 4.79 Å². The second-order valence-corrected chi connectivity index (χ2v) is 9.17. The SMILES string of the molecule is CCOc1ccc2nc(N(CCCN3CCOCC3)C(=O)c3ccccc3Br)sc2c1. The number of hydrogen-bond donors (Lipinski definition) is 0. The number of hydrogen-bond acceptors (Lipinski definition) is 6. The van der Waals surface area contributed by atoms with Gasteiger partial charge in [-0.2, -0.15) is 0 Å². The van der Waals surface area contributed by atoms with Crippen LogP contribution in [0.3, 0.4) is 0 Å². The zero-order valence-corrected chi connectivity index (χ0v) is 20.0. The van der Waals surface area contributed by atoms with Crippen LogP contribution in [0.25, 0.3) is 10.2 Å². The molecule has 1 aliphatic rings. The molecule has 0 unspecified atom stereocenters. The van der Waals surface area contributed by atoms with E-state index in [1.54, 1.807) is 0 Å². The van der Waals surface area contributed by atoms with Crippen molar-refractivity contribution < 1.29 is 14.3 Å². The van der Waals surface area contributed by atoms with Crippen molar-refractivity contribution in [1.29, 1.82) is 0 Å². The summed E-state index contributed by atoms with van der Waals surface area (Å²) in [5, 5.41) is 0.714. The second kappa shape index (κ2) is 10.5. The van der Waals surface area contributed by atoms with Crippen LogP contribution in [0.15, 0.2) is 46.9 Å². The number of carbonyl (C=O) groups is 1. The third-order valence-corrected chi connectivity index (χ3v) is 6.93.